The zero-order valence-corrected chi connectivity index (χ0v) is 19.5. The Morgan fingerprint density at radius 2 is 1.97 bits per heavy atom. The number of aromatic nitrogens is 4. The average molecular weight is 481 g/mol. The lowest BCUT2D eigenvalue weighted by Gasteiger charge is -2.27. The Kier molecular flexibility index (Phi) is 7.29. The van der Waals surface area contributed by atoms with E-state index in [0.29, 0.717) is 23.7 Å². The Bertz CT molecular complexity index is 1150. The van der Waals surface area contributed by atoms with Gasteiger partial charge in [-0.15, -0.1) is 0 Å². The zero-order chi connectivity index (χ0) is 24.0. The Balaban J connectivity index is 1.12. The topological polar surface area (TPSA) is 97.9 Å². The number of benzene rings is 1. The van der Waals surface area contributed by atoms with Gasteiger partial charge < -0.3 is 19.6 Å². The van der Waals surface area contributed by atoms with Gasteiger partial charge in [-0.05, 0) is 19.3 Å². The first kappa shape index (κ1) is 23.4. The second-order valence-corrected chi connectivity index (χ2v) is 8.78. The summed E-state index contributed by atoms with van der Waals surface area (Å²) < 4.78 is 22.1. The Labute approximate surface area is 203 Å². The summed E-state index contributed by atoms with van der Waals surface area (Å²) in [6, 6.07) is 4.93. The number of piperidine rings is 1. The molecule has 1 unspecified atom stereocenters. The average Bonchev–Trinajstić information content (AvgIpc) is 3.39. The van der Waals surface area contributed by atoms with E-state index in [-0.39, 0.29) is 18.4 Å². The van der Waals surface area contributed by atoms with Crippen molar-refractivity contribution in [3.05, 3.63) is 59.9 Å². The van der Waals surface area contributed by atoms with E-state index in [0.717, 1.165) is 63.1 Å². The molecule has 0 saturated carbocycles. The maximum atomic E-state index is 14.5. The molecule has 0 amide bonds. The van der Waals surface area contributed by atoms with Crippen LogP contribution in [-0.2, 0) is 22.8 Å². The van der Waals surface area contributed by atoms with Crippen LogP contribution in [-0.4, -0.2) is 50.3 Å². The second kappa shape index (κ2) is 10.9. The molecule has 1 aromatic carbocycles. The van der Waals surface area contributed by atoms with Gasteiger partial charge in [-0.25, -0.2) is 19.0 Å². The molecule has 35 heavy (non-hydrogen) atoms. The van der Waals surface area contributed by atoms with Crippen molar-refractivity contribution in [3.8, 4) is 11.1 Å². The Morgan fingerprint density at radius 1 is 1.14 bits per heavy atom. The van der Waals surface area contributed by atoms with Gasteiger partial charge in [0.2, 0.25) is 5.95 Å². The molecule has 1 atom stereocenters. The monoisotopic (exact) mass is 480 g/mol. The third-order valence-corrected chi connectivity index (χ3v) is 6.35. The highest BCUT2D eigenvalue weighted by Gasteiger charge is 2.19. The lowest BCUT2D eigenvalue weighted by atomic mass is 10.1. The van der Waals surface area contributed by atoms with Gasteiger partial charge in [0.25, 0.3) is 0 Å². The van der Waals surface area contributed by atoms with Crippen LogP contribution < -0.4 is 4.90 Å². The molecule has 0 spiro atoms. The smallest absolute Gasteiger partial charge is 0.225 e. The van der Waals surface area contributed by atoms with E-state index in [2.05, 4.69) is 25.1 Å². The molecular weight excluding hydrogens is 451 g/mol. The SMILES string of the molecule is OCc1cccc(-c2cnc(N3CCC(=NOCc4cnn(C5CCCCO5)c4)CC3)nc2)c1F. The van der Waals surface area contributed by atoms with Gasteiger partial charge in [0.15, 0.2) is 0 Å². The normalized spacial score (nSPS) is 18.5. The van der Waals surface area contributed by atoms with Gasteiger partial charge in [0.05, 0.1) is 18.5 Å². The van der Waals surface area contributed by atoms with Crippen LogP contribution in [0.3, 0.4) is 0 Å². The number of halogens is 1. The van der Waals surface area contributed by atoms with Crippen molar-refractivity contribution in [2.75, 3.05) is 24.6 Å². The van der Waals surface area contributed by atoms with E-state index in [9.17, 15) is 9.50 Å². The van der Waals surface area contributed by atoms with Gasteiger partial charge in [0, 0.05) is 73.4 Å². The molecule has 9 nitrogen and oxygen atoms in total. The van der Waals surface area contributed by atoms with Crippen LogP contribution in [0, 0.1) is 5.82 Å². The Hall–Kier alpha value is -3.37. The van der Waals surface area contributed by atoms with Crippen LogP contribution in [0.15, 0.2) is 48.1 Å². The molecule has 1 N–H and O–H groups in total. The van der Waals surface area contributed by atoms with E-state index in [1.165, 1.54) is 0 Å². The molecule has 2 aliphatic heterocycles. The van der Waals surface area contributed by atoms with Crippen molar-refractivity contribution in [2.24, 2.45) is 5.16 Å². The number of oxime groups is 1. The predicted molar refractivity (Wildman–Crippen MR) is 128 cm³/mol. The van der Waals surface area contributed by atoms with Gasteiger partial charge >= 0.3 is 0 Å². The highest BCUT2D eigenvalue weighted by atomic mass is 19.1. The fourth-order valence-electron chi connectivity index (χ4n) is 4.34. The molecule has 2 fully saturated rings. The molecule has 4 heterocycles. The number of nitrogens with zero attached hydrogens (tertiary/aromatic N) is 6. The molecule has 5 rings (SSSR count). The highest BCUT2D eigenvalue weighted by Crippen LogP contribution is 2.25. The van der Waals surface area contributed by atoms with Crippen LogP contribution in [0.1, 0.15) is 49.5 Å². The first-order valence-electron chi connectivity index (χ1n) is 12.0. The number of hydrogen-bond donors (Lipinski definition) is 1. The van der Waals surface area contributed by atoms with E-state index in [1.54, 1.807) is 36.8 Å². The van der Waals surface area contributed by atoms with Crippen molar-refractivity contribution in [1.29, 1.82) is 0 Å². The molecular formula is C25H29FN6O3. The third kappa shape index (κ3) is 5.49. The van der Waals surface area contributed by atoms with Crippen LogP contribution in [0.5, 0.6) is 0 Å². The highest BCUT2D eigenvalue weighted by molar-refractivity contribution is 5.86. The van der Waals surface area contributed by atoms with Crippen LogP contribution in [0.2, 0.25) is 0 Å². The maximum Gasteiger partial charge on any atom is 0.225 e. The van der Waals surface area contributed by atoms with E-state index in [4.69, 9.17) is 9.57 Å². The van der Waals surface area contributed by atoms with Crippen molar-refractivity contribution < 1.29 is 19.1 Å². The summed E-state index contributed by atoms with van der Waals surface area (Å²) in [5.74, 6) is 0.157. The number of aliphatic hydroxyl groups is 1. The fourth-order valence-corrected chi connectivity index (χ4v) is 4.34. The molecule has 3 aromatic rings. The van der Waals surface area contributed by atoms with Crippen molar-refractivity contribution in [1.82, 2.24) is 19.7 Å². The number of anilines is 1. The molecule has 184 valence electrons. The van der Waals surface area contributed by atoms with Gasteiger partial charge in [-0.2, -0.15) is 5.10 Å². The summed E-state index contributed by atoms with van der Waals surface area (Å²) in [6.07, 6.45) is 11.8. The minimum absolute atomic E-state index is 0.0224. The summed E-state index contributed by atoms with van der Waals surface area (Å²) in [7, 11) is 0. The van der Waals surface area contributed by atoms with E-state index < -0.39 is 5.82 Å². The van der Waals surface area contributed by atoms with E-state index in [1.807, 2.05) is 10.9 Å². The second-order valence-electron chi connectivity index (χ2n) is 8.78. The van der Waals surface area contributed by atoms with Crippen molar-refractivity contribution in [3.63, 3.8) is 0 Å². The van der Waals surface area contributed by atoms with Crippen molar-refractivity contribution >= 4 is 11.7 Å². The number of ether oxygens (including phenoxy) is 1. The minimum Gasteiger partial charge on any atom is -0.392 e. The summed E-state index contributed by atoms with van der Waals surface area (Å²) in [5.41, 5.74) is 3.18. The summed E-state index contributed by atoms with van der Waals surface area (Å²) >= 11 is 0. The molecule has 0 radical (unpaired) electrons. The summed E-state index contributed by atoms with van der Waals surface area (Å²) in [6.45, 7) is 2.27. The summed E-state index contributed by atoms with van der Waals surface area (Å²) in [4.78, 5) is 16.5. The lowest BCUT2D eigenvalue weighted by Crippen LogP contribution is -2.35. The van der Waals surface area contributed by atoms with Gasteiger partial charge in [0.1, 0.15) is 18.7 Å². The predicted octanol–water partition coefficient (Wildman–Crippen LogP) is 3.84. The fraction of sp³-hybridized carbons (Fsp3) is 0.440. The van der Waals surface area contributed by atoms with Gasteiger partial charge in [-0.3, -0.25) is 0 Å². The quantitative estimate of drug-likeness (QED) is 0.513. The molecule has 2 aliphatic rings. The minimum atomic E-state index is -0.445. The van der Waals surface area contributed by atoms with Crippen LogP contribution in [0.25, 0.3) is 11.1 Å². The van der Waals surface area contributed by atoms with E-state index >= 15 is 0 Å². The number of rotatable bonds is 7. The molecule has 2 saturated heterocycles. The lowest BCUT2D eigenvalue weighted by molar-refractivity contribution is -0.0396. The van der Waals surface area contributed by atoms with Crippen LogP contribution >= 0.6 is 0 Å². The zero-order valence-electron chi connectivity index (χ0n) is 19.5. The molecule has 0 bridgehead atoms. The molecule has 0 aliphatic carbocycles. The third-order valence-electron chi connectivity index (χ3n) is 6.35. The molecule has 10 heteroatoms. The largest absolute Gasteiger partial charge is 0.392 e. The number of hydrogen-bond acceptors (Lipinski definition) is 8. The van der Waals surface area contributed by atoms with Gasteiger partial charge in [-0.1, -0.05) is 23.4 Å². The first-order chi connectivity index (χ1) is 17.2. The first-order valence-corrected chi connectivity index (χ1v) is 12.0. The van der Waals surface area contributed by atoms with Crippen LogP contribution in [0.4, 0.5) is 10.3 Å². The standard InChI is InChI=1S/C25H29FN6O3/c26-24-19(16-33)4-3-5-22(24)20-13-27-25(28-14-20)31-9-7-21(8-10-31)30-35-17-18-12-29-32(15-18)23-6-1-2-11-34-23/h3-5,12-15,23,33H,1-2,6-11,16-17H2. The van der Waals surface area contributed by atoms with Crippen molar-refractivity contribution in [2.45, 2.75) is 51.5 Å². The molecule has 2 aromatic heterocycles. The Morgan fingerprint density at radius 3 is 2.71 bits per heavy atom. The maximum absolute atomic E-state index is 14.5. The number of aliphatic hydroxyl groups excluding tert-OH is 1. The summed E-state index contributed by atoms with van der Waals surface area (Å²) in [5, 5.41) is 18.0.